The van der Waals surface area contributed by atoms with Crippen LogP contribution in [0.4, 0.5) is 0 Å². The third-order valence-electron chi connectivity index (χ3n) is 4.11. The summed E-state index contributed by atoms with van der Waals surface area (Å²) < 4.78 is 12.5. The summed E-state index contributed by atoms with van der Waals surface area (Å²) in [7, 11) is 3.08. The van der Waals surface area contributed by atoms with Gasteiger partial charge < -0.3 is 19.4 Å². The van der Waals surface area contributed by atoms with Crippen LogP contribution in [0.1, 0.15) is 41.0 Å². The molecule has 6 nitrogen and oxygen atoms in total. The molecule has 1 saturated carbocycles. The topological polar surface area (TPSA) is 76.3 Å². The van der Waals surface area contributed by atoms with Gasteiger partial charge in [-0.1, -0.05) is 0 Å². The third-order valence-corrected chi connectivity index (χ3v) is 4.11. The summed E-state index contributed by atoms with van der Waals surface area (Å²) in [4.78, 5) is 12.6. The van der Waals surface area contributed by atoms with E-state index in [1.54, 1.807) is 31.4 Å². The molecule has 1 aromatic carbocycles. The fraction of sp³-hybridized carbons (Fsp3) is 0.333. The van der Waals surface area contributed by atoms with E-state index in [4.69, 9.17) is 9.47 Å². The van der Waals surface area contributed by atoms with Crippen LogP contribution in [0.25, 0.3) is 0 Å². The van der Waals surface area contributed by atoms with Crippen LogP contribution in [0.15, 0.2) is 36.5 Å². The lowest BCUT2D eigenvalue weighted by Crippen LogP contribution is -2.29. The minimum Gasteiger partial charge on any atom is -0.497 e. The zero-order valence-electron chi connectivity index (χ0n) is 13.7. The minimum absolute atomic E-state index is 0.267. The van der Waals surface area contributed by atoms with E-state index in [2.05, 4.69) is 11.4 Å². The van der Waals surface area contributed by atoms with Gasteiger partial charge >= 0.3 is 0 Å². The molecule has 1 fully saturated rings. The first-order valence-electron chi connectivity index (χ1n) is 7.77. The van der Waals surface area contributed by atoms with Crippen molar-refractivity contribution in [3.8, 4) is 17.6 Å². The Morgan fingerprint density at radius 1 is 1.33 bits per heavy atom. The minimum atomic E-state index is -0.805. The molecule has 1 aromatic heterocycles. The first-order valence-corrected chi connectivity index (χ1v) is 7.77. The smallest absolute Gasteiger partial charge is 0.269 e. The average Bonchev–Trinajstić information content (AvgIpc) is 3.35. The van der Waals surface area contributed by atoms with E-state index in [0.29, 0.717) is 28.8 Å². The van der Waals surface area contributed by atoms with Crippen molar-refractivity contribution in [2.45, 2.75) is 24.9 Å². The standard InChI is InChI=1S/C18H19N3O3/c1-23-13-7-8-14(17(10-13)24-2)15(11-19)20-18(22)16-4-3-9-21(16)12-5-6-12/h3-4,7-10,12,15H,5-6H2,1-2H3,(H,20,22)/t15-/m1/s1. The van der Waals surface area contributed by atoms with Gasteiger partial charge in [0.15, 0.2) is 0 Å². The fourth-order valence-corrected chi connectivity index (χ4v) is 2.70. The van der Waals surface area contributed by atoms with E-state index in [1.807, 2.05) is 16.8 Å². The van der Waals surface area contributed by atoms with Gasteiger partial charge in [-0.25, -0.2) is 0 Å². The first-order chi connectivity index (χ1) is 11.7. The molecule has 1 atom stereocenters. The van der Waals surface area contributed by atoms with Crippen molar-refractivity contribution in [1.29, 1.82) is 5.26 Å². The molecule has 0 radical (unpaired) electrons. The Labute approximate surface area is 140 Å². The van der Waals surface area contributed by atoms with E-state index in [9.17, 15) is 10.1 Å². The first kappa shape index (κ1) is 15.9. The Bertz CT molecular complexity index is 787. The lowest BCUT2D eigenvalue weighted by molar-refractivity contribution is 0.0935. The van der Waals surface area contributed by atoms with Crippen molar-refractivity contribution in [3.63, 3.8) is 0 Å². The summed E-state index contributed by atoms with van der Waals surface area (Å²) >= 11 is 0. The highest BCUT2D eigenvalue weighted by Gasteiger charge is 2.28. The molecule has 0 bridgehead atoms. The van der Waals surface area contributed by atoms with Gasteiger partial charge in [-0.3, -0.25) is 4.79 Å². The predicted octanol–water partition coefficient (Wildman–Crippen LogP) is 2.83. The summed E-state index contributed by atoms with van der Waals surface area (Å²) in [5.74, 6) is 0.858. The number of hydrogen-bond donors (Lipinski definition) is 1. The number of ether oxygens (including phenoxy) is 2. The number of nitriles is 1. The Morgan fingerprint density at radius 2 is 2.12 bits per heavy atom. The number of hydrogen-bond acceptors (Lipinski definition) is 4. The van der Waals surface area contributed by atoms with Crippen molar-refractivity contribution in [2.24, 2.45) is 0 Å². The van der Waals surface area contributed by atoms with Crippen LogP contribution in [0, 0.1) is 11.3 Å². The van der Waals surface area contributed by atoms with Crippen molar-refractivity contribution in [2.75, 3.05) is 14.2 Å². The predicted molar refractivity (Wildman–Crippen MR) is 88.1 cm³/mol. The maximum Gasteiger partial charge on any atom is 0.269 e. The van der Waals surface area contributed by atoms with Gasteiger partial charge in [0.2, 0.25) is 0 Å². The van der Waals surface area contributed by atoms with Gasteiger partial charge in [0, 0.05) is 23.9 Å². The summed E-state index contributed by atoms with van der Waals surface area (Å²) in [6, 6.07) is 10.5. The van der Waals surface area contributed by atoms with Crippen LogP contribution >= 0.6 is 0 Å². The summed E-state index contributed by atoms with van der Waals surface area (Å²) in [5, 5.41) is 12.3. The molecule has 1 aliphatic carbocycles. The maximum absolute atomic E-state index is 12.6. The summed E-state index contributed by atoms with van der Waals surface area (Å²) in [5.41, 5.74) is 1.17. The number of carbonyl (C=O) groups is 1. The van der Waals surface area contributed by atoms with Gasteiger partial charge in [0.05, 0.1) is 20.3 Å². The van der Waals surface area contributed by atoms with Crippen molar-refractivity contribution in [1.82, 2.24) is 9.88 Å². The Balaban J connectivity index is 1.83. The number of benzene rings is 1. The molecule has 24 heavy (non-hydrogen) atoms. The molecule has 1 amide bonds. The number of nitrogens with zero attached hydrogens (tertiary/aromatic N) is 2. The number of rotatable bonds is 6. The molecule has 0 unspecified atom stereocenters. The second kappa shape index (κ2) is 6.67. The van der Waals surface area contributed by atoms with Crippen LogP contribution in [-0.4, -0.2) is 24.7 Å². The molecule has 6 heteroatoms. The lowest BCUT2D eigenvalue weighted by Gasteiger charge is -2.17. The van der Waals surface area contributed by atoms with E-state index < -0.39 is 6.04 Å². The van der Waals surface area contributed by atoms with Gasteiger partial charge in [-0.05, 0) is 37.1 Å². The normalized spacial score (nSPS) is 14.5. The van der Waals surface area contributed by atoms with Crippen molar-refractivity contribution >= 4 is 5.91 Å². The quantitative estimate of drug-likeness (QED) is 0.886. The van der Waals surface area contributed by atoms with Crippen molar-refractivity contribution < 1.29 is 14.3 Å². The molecule has 0 saturated heterocycles. The van der Waals surface area contributed by atoms with E-state index in [1.165, 1.54) is 7.11 Å². The fourth-order valence-electron chi connectivity index (χ4n) is 2.70. The molecule has 1 N–H and O–H groups in total. The van der Waals surface area contributed by atoms with Crippen LogP contribution in [0.5, 0.6) is 11.5 Å². The second-order valence-corrected chi connectivity index (χ2v) is 5.68. The van der Waals surface area contributed by atoms with Crippen molar-refractivity contribution in [3.05, 3.63) is 47.8 Å². The van der Waals surface area contributed by atoms with Gasteiger partial charge in [-0.2, -0.15) is 5.26 Å². The van der Waals surface area contributed by atoms with Crippen LogP contribution in [-0.2, 0) is 0 Å². The average molecular weight is 325 g/mol. The maximum atomic E-state index is 12.6. The monoisotopic (exact) mass is 325 g/mol. The molecule has 2 aromatic rings. The molecule has 0 aliphatic heterocycles. The Hall–Kier alpha value is -2.94. The highest BCUT2D eigenvalue weighted by Crippen LogP contribution is 2.36. The molecular formula is C18H19N3O3. The van der Waals surface area contributed by atoms with Crippen LogP contribution < -0.4 is 14.8 Å². The molecular weight excluding hydrogens is 306 g/mol. The number of nitrogens with one attached hydrogen (secondary N) is 1. The zero-order valence-corrected chi connectivity index (χ0v) is 13.7. The number of amides is 1. The van der Waals surface area contributed by atoms with Gasteiger partial charge in [-0.15, -0.1) is 0 Å². The number of aromatic nitrogens is 1. The zero-order chi connectivity index (χ0) is 17.1. The highest BCUT2D eigenvalue weighted by molar-refractivity contribution is 5.93. The van der Waals surface area contributed by atoms with E-state index in [-0.39, 0.29) is 5.91 Å². The molecule has 124 valence electrons. The van der Waals surface area contributed by atoms with E-state index in [0.717, 1.165) is 12.8 Å². The Morgan fingerprint density at radius 3 is 2.75 bits per heavy atom. The molecule has 1 aliphatic rings. The second-order valence-electron chi connectivity index (χ2n) is 5.68. The lowest BCUT2D eigenvalue weighted by atomic mass is 10.1. The number of carbonyl (C=O) groups excluding carboxylic acids is 1. The van der Waals surface area contributed by atoms with Crippen LogP contribution in [0.2, 0.25) is 0 Å². The van der Waals surface area contributed by atoms with E-state index >= 15 is 0 Å². The summed E-state index contributed by atoms with van der Waals surface area (Å²) in [6.45, 7) is 0. The molecule has 1 heterocycles. The highest BCUT2D eigenvalue weighted by atomic mass is 16.5. The molecule has 3 rings (SSSR count). The third kappa shape index (κ3) is 3.06. The largest absolute Gasteiger partial charge is 0.497 e. The SMILES string of the molecule is COc1ccc([C@@H](C#N)NC(=O)c2cccn2C2CC2)c(OC)c1. The Kier molecular flexibility index (Phi) is 4.43. The molecule has 0 spiro atoms. The van der Waals surface area contributed by atoms with Gasteiger partial charge in [0.1, 0.15) is 23.2 Å². The van der Waals surface area contributed by atoms with Crippen LogP contribution in [0.3, 0.4) is 0 Å². The van der Waals surface area contributed by atoms with Gasteiger partial charge in [0.25, 0.3) is 5.91 Å². The number of methoxy groups -OCH3 is 2. The summed E-state index contributed by atoms with van der Waals surface area (Å²) in [6.07, 6.45) is 4.08.